The third kappa shape index (κ3) is 4.40. The molecule has 0 spiro atoms. The Kier molecular flexibility index (Phi) is 5.69. The Morgan fingerprint density at radius 1 is 1.07 bits per heavy atom. The molecule has 2 aliphatic rings. The van der Waals surface area contributed by atoms with Crippen LogP contribution in [0.3, 0.4) is 0 Å². The highest BCUT2D eigenvalue weighted by molar-refractivity contribution is 6.03. The van der Waals surface area contributed by atoms with Crippen LogP contribution in [0.4, 0.5) is 11.4 Å². The van der Waals surface area contributed by atoms with Crippen molar-refractivity contribution >= 4 is 23.2 Å². The van der Waals surface area contributed by atoms with Crippen molar-refractivity contribution in [2.24, 2.45) is 5.92 Å². The van der Waals surface area contributed by atoms with Gasteiger partial charge in [0, 0.05) is 44.0 Å². The molecule has 2 amide bonds. The number of ether oxygens (including phenoxy) is 1. The van der Waals surface area contributed by atoms with Gasteiger partial charge in [-0.25, -0.2) is 0 Å². The number of carbonyl (C=O) groups excluding carboxylic acids is 2. The normalized spacial score (nSPS) is 20.4. The molecule has 2 heterocycles. The summed E-state index contributed by atoms with van der Waals surface area (Å²) >= 11 is 0. The zero-order chi connectivity index (χ0) is 19.3. The minimum atomic E-state index is -0.337. The van der Waals surface area contributed by atoms with Crippen LogP contribution in [-0.2, 0) is 20.9 Å². The third-order valence-corrected chi connectivity index (χ3v) is 5.27. The predicted molar refractivity (Wildman–Crippen MR) is 108 cm³/mol. The minimum Gasteiger partial charge on any atom is -0.379 e. The molecule has 1 N–H and O–H groups in total. The first kappa shape index (κ1) is 18.7. The van der Waals surface area contributed by atoms with Gasteiger partial charge < -0.3 is 15.0 Å². The Hall–Kier alpha value is -2.70. The number of anilines is 2. The molecule has 0 bridgehead atoms. The van der Waals surface area contributed by atoms with Gasteiger partial charge in [0.05, 0.1) is 19.1 Å². The molecule has 6 heteroatoms. The van der Waals surface area contributed by atoms with Gasteiger partial charge in [0.15, 0.2) is 0 Å². The van der Waals surface area contributed by atoms with Gasteiger partial charge in [0.25, 0.3) is 0 Å². The summed E-state index contributed by atoms with van der Waals surface area (Å²) in [5.74, 6) is -0.446. The molecule has 2 aromatic rings. The van der Waals surface area contributed by atoms with Crippen LogP contribution in [0.2, 0.25) is 0 Å². The van der Waals surface area contributed by atoms with E-state index in [0.717, 1.165) is 49.8 Å². The zero-order valence-corrected chi connectivity index (χ0v) is 15.8. The van der Waals surface area contributed by atoms with E-state index in [2.05, 4.69) is 16.3 Å². The van der Waals surface area contributed by atoms with Gasteiger partial charge in [-0.15, -0.1) is 0 Å². The van der Waals surface area contributed by atoms with E-state index < -0.39 is 0 Å². The molecule has 2 fully saturated rings. The van der Waals surface area contributed by atoms with Crippen molar-refractivity contribution in [3.8, 4) is 0 Å². The first-order chi connectivity index (χ1) is 13.7. The molecule has 2 saturated heterocycles. The Bertz CT molecular complexity index is 834. The molecule has 28 heavy (non-hydrogen) atoms. The molecular weight excluding hydrogens is 354 g/mol. The van der Waals surface area contributed by atoms with Gasteiger partial charge in [-0.3, -0.25) is 14.5 Å². The van der Waals surface area contributed by atoms with Gasteiger partial charge in [-0.05, 0) is 29.8 Å². The van der Waals surface area contributed by atoms with Crippen molar-refractivity contribution in [2.45, 2.75) is 13.0 Å². The fourth-order valence-corrected chi connectivity index (χ4v) is 3.75. The summed E-state index contributed by atoms with van der Waals surface area (Å²) in [6, 6.07) is 17.4. The SMILES string of the molecule is O=C(Nc1cccc(CN2CCOCC2)c1)C1CC(=O)N(c2ccccc2)C1. The first-order valence-corrected chi connectivity index (χ1v) is 9.74. The van der Waals surface area contributed by atoms with Gasteiger partial charge in [0.1, 0.15) is 0 Å². The molecule has 1 unspecified atom stereocenters. The van der Waals surface area contributed by atoms with Crippen LogP contribution in [0.15, 0.2) is 54.6 Å². The lowest BCUT2D eigenvalue weighted by molar-refractivity contribution is -0.122. The number of rotatable bonds is 5. The molecule has 146 valence electrons. The van der Waals surface area contributed by atoms with E-state index in [1.807, 2.05) is 48.5 Å². The molecule has 2 aliphatic heterocycles. The van der Waals surface area contributed by atoms with E-state index >= 15 is 0 Å². The summed E-state index contributed by atoms with van der Waals surface area (Å²) < 4.78 is 5.39. The van der Waals surface area contributed by atoms with Crippen LogP contribution in [-0.4, -0.2) is 49.6 Å². The van der Waals surface area contributed by atoms with Crippen LogP contribution in [0.1, 0.15) is 12.0 Å². The summed E-state index contributed by atoms with van der Waals surface area (Å²) in [6.45, 7) is 4.65. The van der Waals surface area contributed by atoms with Crippen LogP contribution in [0.25, 0.3) is 0 Å². The van der Waals surface area contributed by atoms with E-state index in [1.54, 1.807) is 4.90 Å². The molecule has 1 atom stereocenters. The summed E-state index contributed by atoms with van der Waals surface area (Å²) in [6.07, 6.45) is 0.244. The van der Waals surface area contributed by atoms with E-state index in [0.29, 0.717) is 6.54 Å². The molecule has 0 saturated carbocycles. The Labute approximate surface area is 165 Å². The Balaban J connectivity index is 1.37. The van der Waals surface area contributed by atoms with Crippen molar-refractivity contribution in [3.63, 3.8) is 0 Å². The molecule has 0 aromatic heterocycles. The first-order valence-electron chi connectivity index (χ1n) is 9.74. The standard InChI is InChI=1S/C22H25N3O3/c26-21-14-18(16-25(21)20-7-2-1-3-8-20)22(27)23-19-6-4-5-17(13-19)15-24-9-11-28-12-10-24/h1-8,13,18H,9-12,14-16H2,(H,23,27). The number of carbonyl (C=O) groups is 2. The lowest BCUT2D eigenvalue weighted by Gasteiger charge is -2.26. The number of para-hydroxylation sites is 1. The van der Waals surface area contributed by atoms with Crippen molar-refractivity contribution < 1.29 is 14.3 Å². The number of hydrogen-bond acceptors (Lipinski definition) is 4. The van der Waals surface area contributed by atoms with Crippen LogP contribution in [0.5, 0.6) is 0 Å². The number of nitrogens with zero attached hydrogens (tertiary/aromatic N) is 2. The highest BCUT2D eigenvalue weighted by Gasteiger charge is 2.35. The Morgan fingerprint density at radius 3 is 2.64 bits per heavy atom. The van der Waals surface area contributed by atoms with Crippen LogP contribution in [0, 0.1) is 5.92 Å². The topological polar surface area (TPSA) is 61.9 Å². The average molecular weight is 379 g/mol. The molecule has 0 aliphatic carbocycles. The van der Waals surface area contributed by atoms with Gasteiger partial charge in [-0.1, -0.05) is 30.3 Å². The fourth-order valence-electron chi connectivity index (χ4n) is 3.75. The summed E-state index contributed by atoms with van der Waals surface area (Å²) in [5, 5.41) is 2.99. The van der Waals surface area contributed by atoms with Gasteiger partial charge in [0.2, 0.25) is 11.8 Å². The van der Waals surface area contributed by atoms with Gasteiger partial charge in [-0.2, -0.15) is 0 Å². The fraction of sp³-hybridized carbons (Fsp3) is 0.364. The highest BCUT2D eigenvalue weighted by Crippen LogP contribution is 2.26. The molecular formula is C22H25N3O3. The third-order valence-electron chi connectivity index (χ3n) is 5.27. The number of benzene rings is 2. The average Bonchev–Trinajstić information content (AvgIpc) is 3.12. The highest BCUT2D eigenvalue weighted by atomic mass is 16.5. The lowest BCUT2D eigenvalue weighted by Crippen LogP contribution is -2.35. The lowest BCUT2D eigenvalue weighted by atomic mass is 10.1. The van der Waals surface area contributed by atoms with Crippen molar-refractivity contribution in [2.75, 3.05) is 43.1 Å². The zero-order valence-electron chi connectivity index (χ0n) is 15.8. The van der Waals surface area contributed by atoms with E-state index in [1.165, 1.54) is 0 Å². The number of hydrogen-bond donors (Lipinski definition) is 1. The number of amides is 2. The van der Waals surface area contributed by atoms with E-state index in [9.17, 15) is 9.59 Å². The molecule has 2 aromatic carbocycles. The smallest absolute Gasteiger partial charge is 0.229 e. The predicted octanol–water partition coefficient (Wildman–Crippen LogP) is 2.51. The second-order valence-electron chi connectivity index (χ2n) is 7.32. The monoisotopic (exact) mass is 379 g/mol. The maximum absolute atomic E-state index is 12.7. The largest absolute Gasteiger partial charge is 0.379 e. The quantitative estimate of drug-likeness (QED) is 0.867. The second kappa shape index (κ2) is 8.54. The maximum Gasteiger partial charge on any atom is 0.229 e. The molecule has 0 radical (unpaired) electrons. The van der Waals surface area contributed by atoms with E-state index in [4.69, 9.17) is 4.74 Å². The molecule has 6 nitrogen and oxygen atoms in total. The van der Waals surface area contributed by atoms with Crippen molar-refractivity contribution in [1.29, 1.82) is 0 Å². The summed E-state index contributed by atoms with van der Waals surface area (Å²) in [7, 11) is 0. The van der Waals surface area contributed by atoms with Crippen LogP contribution >= 0.6 is 0 Å². The minimum absolute atomic E-state index is 0.00702. The Morgan fingerprint density at radius 2 is 1.86 bits per heavy atom. The molecule has 4 rings (SSSR count). The number of morpholine rings is 1. The van der Waals surface area contributed by atoms with Crippen molar-refractivity contribution in [3.05, 3.63) is 60.2 Å². The second-order valence-corrected chi connectivity index (χ2v) is 7.32. The number of nitrogens with one attached hydrogen (secondary N) is 1. The summed E-state index contributed by atoms with van der Waals surface area (Å²) in [4.78, 5) is 29.1. The maximum atomic E-state index is 12.7. The van der Waals surface area contributed by atoms with Crippen molar-refractivity contribution in [1.82, 2.24) is 4.90 Å². The van der Waals surface area contributed by atoms with Crippen LogP contribution < -0.4 is 10.2 Å². The summed E-state index contributed by atoms with van der Waals surface area (Å²) in [5.41, 5.74) is 2.78. The van der Waals surface area contributed by atoms with Gasteiger partial charge >= 0.3 is 0 Å². The van der Waals surface area contributed by atoms with E-state index in [-0.39, 0.29) is 24.2 Å².